The normalized spacial score (nSPS) is 11.5. The largest absolute Gasteiger partial charge is 0.319 e. The highest BCUT2D eigenvalue weighted by atomic mass is 16.1. The Morgan fingerprint density at radius 1 is 1.00 bits per heavy atom. The maximum absolute atomic E-state index is 13.6. The lowest BCUT2D eigenvalue weighted by Crippen LogP contribution is -2.13. The Kier molecular flexibility index (Phi) is 6.36. The highest BCUT2D eigenvalue weighted by Gasteiger charge is 2.22. The topological polar surface area (TPSA) is 113 Å². The van der Waals surface area contributed by atoms with Gasteiger partial charge in [-0.2, -0.15) is 20.4 Å². The molecule has 0 aliphatic heterocycles. The van der Waals surface area contributed by atoms with Gasteiger partial charge in [-0.3, -0.25) is 18.8 Å². The molecule has 0 atom stereocenters. The number of nitrogens with zero attached hydrogens (tertiary/aromatic N) is 9. The molecule has 1 amide bonds. The third kappa shape index (κ3) is 4.52. The van der Waals surface area contributed by atoms with E-state index in [0.29, 0.717) is 35.7 Å². The molecule has 0 spiro atoms. The van der Waals surface area contributed by atoms with Gasteiger partial charge in [-0.15, -0.1) is 0 Å². The minimum absolute atomic E-state index is 0.233. The highest BCUT2D eigenvalue weighted by molar-refractivity contribution is 6.13. The highest BCUT2D eigenvalue weighted by Crippen LogP contribution is 2.29. The number of carbonyl (C=O) groups excluding carboxylic acids is 1. The molecule has 0 aliphatic rings. The molecule has 11 nitrogen and oxygen atoms in total. The van der Waals surface area contributed by atoms with Crippen LogP contribution in [0, 0.1) is 20.8 Å². The number of aromatic nitrogens is 9. The van der Waals surface area contributed by atoms with Crippen molar-refractivity contribution in [2.75, 3.05) is 5.32 Å². The Bertz CT molecular complexity index is 1600. The summed E-state index contributed by atoms with van der Waals surface area (Å²) in [6.07, 6.45) is 8.21. The average molecular weight is 501 g/mol. The summed E-state index contributed by atoms with van der Waals surface area (Å²) in [6, 6.07) is 1.83. The second-order valence-corrected chi connectivity index (χ2v) is 9.31. The molecule has 5 rings (SSSR count). The predicted octanol–water partition coefficient (Wildman–Crippen LogP) is 3.88. The standard InChI is InChI=1S/C26H32N10O/c1-7-9-36-25-24(17(4)32-36)21(10-23(30-25)22-12-27-33(6)18(22)5)26(37)29-20-11-28-35(15-20)14-19-13-34(8-2)31-16(19)3/h10-13,15H,7-9,14H2,1-6H3,(H,29,37). The van der Waals surface area contributed by atoms with E-state index in [9.17, 15) is 4.79 Å². The van der Waals surface area contributed by atoms with Crippen molar-refractivity contribution < 1.29 is 4.79 Å². The third-order valence-corrected chi connectivity index (χ3v) is 6.66. The van der Waals surface area contributed by atoms with Gasteiger partial charge in [-0.1, -0.05) is 6.92 Å². The number of hydrogen-bond acceptors (Lipinski definition) is 6. The summed E-state index contributed by atoms with van der Waals surface area (Å²) in [4.78, 5) is 18.6. The zero-order valence-corrected chi connectivity index (χ0v) is 22.1. The van der Waals surface area contributed by atoms with Crippen LogP contribution in [0.4, 0.5) is 5.69 Å². The van der Waals surface area contributed by atoms with Crippen LogP contribution < -0.4 is 5.32 Å². The van der Waals surface area contributed by atoms with Gasteiger partial charge in [0.15, 0.2) is 5.65 Å². The van der Waals surface area contributed by atoms with Crippen molar-refractivity contribution in [2.24, 2.45) is 7.05 Å². The Morgan fingerprint density at radius 3 is 2.49 bits per heavy atom. The van der Waals surface area contributed by atoms with E-state index in [1.165, 1.54) is 0 Å². The van der Waals surface area contributed by atoms with Gasteiger partial charge in [0.05, 0.1) is 52.7 Å². The fourth-order valence-corrected chi connectivity index (χ4v) is 4.55. The Balaban J connectivity index is 1.49. The fourth-order valence-electron chi connectivity index (χ4n) is 4.55. The summed E-state index contributed by atoms with van der Waals surface area (Å²) < 4.78 is 7.40. The van der Waals surface area contributed by atoms with Crippen LogP contribution in [0.5, 0.6) is 0 Å². The van der Waals surface area contributed by atoms with Gasteiger partial charge in [0, 0.05) is 49.4 Å². The zero-order valence-electron chi connectivity index (χ0n) is 22.1. The first-order chi connectivity index (χ1) is 17.8. The van der Waals surface area contributed by atoms with Crippen molar-refractivity contribution in [1.29, 1.82) is 0 Å². The Morgan fingerprint density at radius 2 is 1.81 bits per heavy atom. The smallest absolute Gasteiger partial charge is 0.256 e. The molecule has 1 N–H and O–H groups in total. The van der Waals surface area contributed by atoms with Gasteiger partial charge in [0.25, 0.3) is 5.91 Å². The second-order valence-electron chi connectivity index (χ2n) is 9.31. The van der Waals surface area contributed by atoms with Crippen LogP contribution in [-0.2, 0) is 26.7 Å². The molecular weight excluding hydrogens is 468 g/mol. The number of fused-ring (bicyclic) bond motifs is 1. The lowest BCUT2D eigenvalue weighted by molar-refractivity contribution is 0.102. The first-order valence-electron chi connectivity index (χ1n) is 12.5. The number of rotatable bonds is 8. The number of aryl methyl sites for hydroxylation is 5. The number of nitrogens with one attached hydrogen (secondary N) is 1. The van der Waals surface area contributed by atoms with E-state index in [-0.39, 0.29) is 5.91 Å². The maximum Gasteiger partial charge on any atom is 0.256 e. The number of amides is 1. The lowest BCUT2D eigenvalue weighted by atomic mass is 10.1. The predicted molar refractivity (Wildman–Crippen MR) is 141 cm³/mol. The fraction of sp³-hybridized carbons (Fsp3) is 0.385. The molecule has 192 valence electrons. The van der Waals surface area contributed by atoms with Crippen LogP contribution in [0.3, 0.4) is 0 Å². The molecule has 0 unspecified atom stereocenters. The monoisotopic (exact) mass is 500 g/mol. The van der Waals surface area contributed by atoms with Crippen LogP contribution >= 0.6 is 0 Å². The second kappa shape index (κ2) is 9.64. The molecule has 11 heteroatoms. The summed E-state index contributed by atoms with van der Waals surface area (Å²) >= 11 is 0. The minimum atomic E-state index is -0.233. The van der Waals surface area contributed by atoms with E-state index in [4.69, 9.17) is 4.98 Å². The lowest BCUT2D eigenvalue weighted by Gasteiger charge is -2.09. The first-order valence-corrected chi connectivity index (χ1v) is 12.5. The number of anilines is 1. The van der Waals surface area contributed by atoms with Crippen LogP contribution in [0.15, 0.2) is 30.9 Å². The molecule has 37 heavy (non-hydrogen) atoms. The summed E-state index contributed by atoms with van der Waals surface area (Å²) in [5.41, 5.74) is 7.23. The van der Waals surface area contributed by atoms with E-state index in [1.807, 2.05) is 55.6 Å². The van der Waals surface area contributed by atoms with E-state index in [2.05, 4.69) is 39.6 Å². The van der Waals surface area contributed by atoms with Crippen molar-refractivity contribution >= 4 is 22.6 Å². The van der Waals surface area contributed by atoms with E-state index in [0.717, 1.165) is 46.6 Å². The van der Waals surface area contributed by atoms with E-state index >= 15 is 0 Å². The van der Waals surface area contributed by atoms with E-state index < -0.39 is 0 Å². The number of carbonyl (C=O) groups is 1. The van der Waals surface area contributed by atoms with E-state index in [1.54, 1.807) is 21.8 Å². The van der Waals surface area contributed by atoms with Gasteiger partial charge in [0.2, 0.25) is 0 Å². The Hall–Kier alpha value is -4.28. The van der Waals surface area contributed by atoms with Gasteiger partial charge in [-0.05, 0) is 40.2 Å². The molecule has 5 aromatic rings. The summed E-state index contributed by atoms with van der Waals surface area (Å²) in [7, 11) is 1.89. The van der Waals surface area contributed by atoms with Crippen molar-refractivity contribution in [3.63, 3.8) is 0 Å². The van der Waals surface area contributed by atoms with Crippen LogP contribution in [0.1, 0.15) is 53.3 Å². The van der Waals surface area contributed by atoms with Gasteiger partial charge in [-0.25, -0.2) is 9.67 Å². The van der Waals surface area contributed by atoms with Crippen LogP contribution in [0.25, 0.3) is 22.3 Å². The molecule has 0 saturated carbocycles. The third-order valence-electron chi connectivity index (χ3n) is 6.66. The SMILES string of the molecule is CCCn1nc(C)c2c(C(=O)Nc3cnn(Cc4cn(CC)nc4C)c3)cc(-c3cnn(C)c3C)nc21. The first kappa shape index (κ1) is 24.4. The molecule has 0 radical (unpaired) electrons. The molecule has 0 aromatic carbocycles. The van der Waals surface area contributed by atoms with Gasteiger partial charge < -0.3 is 5.32 Å². The summed E-state index contributed by atoms with van der Waals surface area (Å²) in [6.45, 7) is 12.2. The zero-order chi connectivity index (χ0) is 26.3. The molecular formula is C26H32N10O. The molecule has 5 heterocycles. The van der Waals surface area contributed by atoms with Crippen molar-refractivity contribution in [2.45, 2.75) is 60.7 Å². The van der Waals surface area contributed by atoms with Crippen molar-refractivity contribution in [3.05, 3.63) is 59.1 Å². The summed E-state index contributed by atoms with van der Waals surface area (Å²) in [5, 5.41) is 21.8. The average Bonchev–Trinajstić information content (AvgIpc) is 3.63. The van der Waals surface area contributed by atoms with Crippen molar-refractivity contribution in [1.82, 2.24) is 44.1 Å². The molecule has 0 saturated heterocycles. The molecule has 0 aliphatic carbocycles. The molecule has 5 aromatic heterocycles. The minimum Gasteiger partial charge on any atom is -0.319 e. The number of pyridine rings is 1. The van der Waals surface area contributed by atoms with Crippen LogP contribution in [0.2, 0.25) is 0 Å². The van der Waals surface area contributed by atoms with Crippen LogP contribution in [-0.4, -0.2) is 50.0 Å². The summed E-state index contributed by atoms with van der Waals surface area (Å²) in [5.74, 6) is -0.233. The molecule has 0 fully saturated rings. The quantitative estimate of drug-likeness (QED) is 0.346. The van der Waals surface area contributed by atoms with Crippen molar-refractivity contribution in [3.8, 4) is 11.3 Å². The molecule has 0 bridgehead atoms. The Labute approximate surface area is 215 Å². The van der Waals surface area contributed by atoms with Gasteiger partial charge >= 0.3 is 0 Å². The number of hydrogen-bond donors (Lipinski definition) is 1. The maximum atomic E-state index is 13.6. The van der Waals surface area contributed by atoms with Gasteiger partial charge in [0.1, 0.15) is 0 Å².